The van der Waals surface area contributed by atoms with Crippen LogP contribution in [0.1, 0.15) is 68.1 Å². The van der Waals surface area contributed by atoms with Crippen LogP contribution < -0.4 is 4.74 Å². The second kappa shape index (κ2) is 9.94. The molecule has 2 heteroatoms. The fourth-order valence-electron chi connectivity index (χ4n) is 4.76. The lowest BCUT2D eigenvalue weighted by atomic mass is 9.71. The second-order valence-corrected chi connectivity index (χ2v) is 7.75. The standard InChI is InChI=1S/C25H35NO/c1-4-26(5-2)18-10-17-24(21-13-8-14-22(19-21)27-3)25-16-9-12-20-11-6-7-15-23(20)25/h6-8,11,13-15,19,24-25H,4-5,9-10,12,16-18H2,1-3H3. The van der Waals surface area contributed by atoms with Crippen LogP contribution in [-0.4, -0.2) is 31.6 Å². The Labute approximate surface area is 165 Å². The number of rotatable bonds is 9. The van der Waals surface area contributed by atoms with Gasteiger partial charge in [-0.05, 0) is 92.4 Å². The molecule has 0 bridgehead atoms. The van der Waals surface area contributed by atoms with E-state index in [9.17, 15) is 0 Å². The average Bonchev–Trinajstić information content (AvgIpc) is 2.74. The van der Waals surface area contributed by atoms with E-state index >= 15 is 0 Å². The zero-order valence-corrected chi connectivity index (χ0v) is 17.3. The predicted molar refractivity (Wildman–Crippen MR) is 115 cm³/mol. The number of hydrogen-bond acceptors (Lipinski definition) is 2. The zero-order valence-electron chi connectivity index (χ0n) is 17.3. The molecule has 0 N–H and O–H groups in total. The minimum absolute atomic E-state index is 0.567. The molecule has 2 aromatic carbocycles. The molecule has 0 fully saturated rings. The first kappa shape index (κ1) is 19.9. The minimum Gasteiger partial charge on any atom is -0.497 e. The largest absolute Gasteiger partial charge is 0.497 e. The van der Waals surface area contributed by atoms with E-state index in [2.05, 4.69) is 67.3 Å². The van der Waals surface area contributed by atoms with E-state index in [1.165, 1.54) is 44.2 Å². The van der Waals surface area contributed by atoms with Crippen molar-refractivity contribution in [2.45, 2.75) is 57.8 Å². The Bertz CT molecular complexity index is 707. The summed E-state index contributed by atoms with van der Waals surface area (Å²) in [5.74, 6) is 2.17. The highest BCUT2D eigenvalue weighted by Gasteiger charge is 2.29. The molecule has 2 unspecified atom stereocenters. The Kier molecular flexibility index (Phi) is 7.34. The van der Waals surface area contributed by atoms with Crippen LogP contribution in [0.3, 0.4) is 0 Å². The van der Waals surface area contributed by atoms with Gasteiger partial charge in [0.2, 0.25) is 0 Å². The topological polar surface area (TPSA) is 12.5 Å². The van der Waals surface area contributed by atoms with Gasteiger partial charge in [0.25, 0.3) is 0 Å². The van der Waals surface area contributed by atoms with Crippen molar-refractivity contribution in [1.82, 2.24) is 4.90 Å². The van der Waals surface area contributed by atoms with Crippen molar-refractivity contribution >= 4 is 0 Å². The van der Waals surface area contributed by atoms with Crippen LogP contribution in [0.4, 0.5) is 0 Å². The molecule has 3 rings (SSSR count). The van der Waals surface area contributed by atoms with Gasteiger partial charge in [-0.2, -0.15) is 0 Å². The van der Waals surface area contributed by atoms with E-state index in [0.717, 1.165) is 18.8 Å². The summed E-state index contributed by atoms with van der Waals surface area (Å²) in [6.07, 6.45) is 6.32. The van der Waals surface area contributed by atoms with Crippen molar-refractivity contribution in [3.05, 3.63) is 65.2 Å². The van der Waals surface area contributed by atoms with Crippen LogP contribution >= 0.6 is 0 Å². The van der Waals surface area contributed by atoms with Crippen LogP contribution in [0, 0.1) is 0 Å². The van der Waals surface area contributed by atoms with Crippen LogP contribution in [0.15, 0.2) is 48.5 Å². The lowest BCUT2D eigenvalue weighted by Gasteiger charge is -2.33. The van der Waals surface area contributed by atoms with Gasteiger partial charge in [-0.1, -0.05) is 50.2 Å². The van der Waals surface area contributed by atoms with Crippen molar-refractivity contribution in [2.24, 2.45) is 0 Å². The highest BCUT2D eigenvalue weighted by molar-refractivity contribution is 5.38. The lowest BCUT2D eigenvalue weighted by Crippen LogP contribution is -2.25. The van der Waals surface area contributed by atoms with Gasteiger partial charge in [0.15, 0.2) is 0 Å². The molecule has 0 spiro atoms. The summed E-state index contributed by atoms with van der Waals surface area (Å²) in [6.45, 7) is 8.02. The third-order valence-electron chi connectivity index (χ3n) is 6.31. The number of fused-ring (bicyclic) bond motifs is 1. The summed E-state index contributed by atoms with van der Waals surface area (Å²) < 4.78 is 5.53. The third kappa shape index (κ3) is 4.93. The van der Waals surface area contributed by atoms with Gasteiger partial charge in [-0.15, -0.1) is 0 Å². The molecule has 2 atom stereocenters. The molecule has 0 saturated carbocycles. The van der Waals surface area contributed by atoms with Crippen LogP contribution in [0.25, 0.3) is 0 Å². The summed E-state index contributed by atoms with van der Waals surface area (Å²) in [7, 11) is 1.77. The number of nitrogens with zero attached hydrogens (tertiary/aromatic N) is 1. The van der Waals surface area contributed by atoms with Gasteiger partial charge in [0, 0.05) is 0 Å². The van der Waals surface area contributed by atoms with Gasteiger partial charge < -0.3 is 9.64 Å². The molecule has 0 aromatic heterocycles. The Morgan fingerprint density at radius 2 is 1.89 bits per heavy atom. The Balaban J connectivity index is 1.86. The maximum Gasteiger partial charge on any atom is 0.119 e. The summed E-state index contributed by atoms with van der Waals surface area (Å²) in [6, 6.07) is 17.9. The first-order chi connectivity index (χ1) is 13.3. The van der Waals surface area contributed by atoms with Crippen molar-refractivity contribution < 1.29 is 4.74 Å². The lowest BCUT2D eigenvalue weighted by molar-refractivity contribution is 0.288. The number of hydrogen-bond donors (Lipinski definition) is 0. The zero-order chi connectivity index (χ0) is 19.1. The molecule has 1 aliphatic rings. The summed E-state index contributed by atoms with van der Waals surface area (Å²) in [5.41, 5.74) is 4.58. The predicted octanol–water partition coefficient (Wildman–Crippen LogP) is 6.02. The molecule has 1 aliphatic carbocycles. The Morgan fingerprint density at radius 1 is 1.07 bits per heavy atom. The van der Waals surface area contributed by atoms with Crippen molar-refractivity contribution in [1.29, 1.82) is 0 Å². The second-order valence-electron chi connectivity index (χ2n) is 7.75. The van der Waals surface area contributed by atoms with E-state index in [0.29, 0.717) is 11.8 Å². The first-order valence-corrected chi connectivity index (χ1v) is 10.7. The molecular weight excluding hydrogens is 330 g/mol. The number of aryl methyl sites for hydroxylation is 1. The molecule has 0 radical (unpaired) electrons. The molecule has 2 aromatic rings. The van der Waals surface area contributed by atoms with E-state index in [-0.39, 0.29) is 0 Å². The number of ether oxygens (including phenoxy) is 1. The molecule has 0 amide bonds. The van der Waals surface area contributed by atoms with Crippen molar-refractivity contribution in [3.8, 4) is 5.75 Å². The monoisotopic (exact) mass is 365 g/mol. The highest BCUT2D eigenvalue weighted by atomic mass is 16.5. The van der Waals surface area contributed by atoms with Crippen LogP contribution in [0.2, 0.25) is 0 Å². The molecule has 0 heterocycles. The van der Waals surface area contributed by atoms with Gasteiger partial charge in [0.1, 0.15) is 5.75 Å². The first-order valence-electron chi connectivity index (χ1n) is 10.7. The highest BCUT2D eigenvalue weighted by Crippen LogP contribution is 2.44. The summed E-state index contributed by atoms with van der Waals surface area (Å²) in [5, 5.41) is 0. The van der Waals surface area contributed by atoms with Crippen molar-refractivity contribution in [3.63, 3.8) is 0 Å². The fourth-order valence-corrected chi connectivity index (χ4v) is 4.76. The third-order valence-corrected chi connectivity index (χ3v) is 6.31. The van der Waals surface area contributed by atoms with Crippen LogP contribution in [0.5, 0.6) is 5.75 Å². The molecule has 2 nitrogen and oxygen atoms in total. The Hall–Kier alpha value is -1.80. The Morgan fingerprint density at radius 3 is 2.67 bits per heavy atom. The average molecular weight is 366 g/mol. The number of methoxy groups -OCH3 is 1. The normalized spacial score (nSPS) is 17.6. The molecule has 27 heavy (non-hydrogen) atoms. The SMILES string of the molecule is CCN(CC)CCCC(c1cccc(OC)c1)C1CCCc2ccccc21. The van der Waals surface area contributed by atoms with E-state index in [4.69, 9.17) is 4.74 Å². The van der Waals surface area contributed by atoms with E-state index < -0.39 is 0 Å². The van der Waals surface area contributed by atoms with Crippen molar-refractivity contribution in [2.75, 3.05) is 26.7 Å². The smallest absolute Gasteiger partial charge is 0.119 e. The van der Waals surface area contributed by atoms with Gasteiger partial charge >= 0.3 is 0 Å². The van der Waals surface area contributed by atoms with Gasteiger partial charge in [-0.3, -0.25) is 0 Å². The quantitative estimate of drug-likeness (QED) is 0.538. The maximum atomic E-state index is 5.53. The van der Waals surface area contributed by atoms with Gasteiger partial charge in [0.05, 0.1) is 7.11 Å². The van der Waals surface area contributed by atoms with E-state index in [1.807, 2.05) is 0 Å². The molecular formula is C25H35NO. The molecule has 0 aliphatic heterocycles. The fraction of sp³-hybridized carbons (Fsp3) is 0.520. The molecule has 0 saturated heterocycles. The maximum absolute atomic E-state index is 5.53. The summed E-state index contributed by atoms with van der Waals surface area (Å²) in [4.78, 5) is 2.54. The molecule has 146 valence electrons. The minimum atomic E-state index is 0.567. The van der Waals surface area contributed by atoms with Gasteiger partial charge in [-0.25, -0.2) is 0 Å². The van der Waals surface area contributed by atoms with Crippen LogP contribution in [-0.2, 0) is 6.42 Å². The number of benzene rings is 2. The summed E-state index contributed by atoms with van der Waals surface area (Å²) >= 11 is 0. The van der Waals surface area contributed by atoms with E-state index in [1.54, 1.807) is 18.2 Å².